The first kappa shape index (κ1) is 13.9. The molecule has 1 aromatic heterocycles. The summed E-state index contributed by atoms with van der Waals surface area (Å²) in [4.78, 5) is 16.6. The van der Waals surface area contributed by atoms with E-state index in [0.29, 0.717) is 17.6 Å². The van der Waals surface area contributed by atoms with Crippen molar-refractivity contribution in [2.45, 2.75) is 32.7 Å². The topological polar surface area (TPSA) is 78.2 Å². The van der Waals surface area contributed by atoms with Gasteiger partial charge in [-0.15, -0.1) is 0 Å². The van der Waals surface area contributed by atoms with E-state index in [1.807, 2.05) is 4.90 Å². The molecule has 0 radical (unpaired) electrons. The first-order valence-electron chi connectivity index (χ1n) is 6.99. The molecule has 6 nitrogen and oxygen atoms in total. The number of aromatic amines is 1. The number of rotatable bonds is 4. The van der Waals surface area contributed by atoms with Gasteiger partial charge >= 0.3 is 0 Å². The van der Waals surface area contributed by atoms with Crippen LogP contribution in [0.5, 0.6) is 0 Å². The van der Waals surface area contributed by atoms with Crippen molar-refractivity contribution in [1.82, 2.24) is 20.0 Å². The van der Waals surface area contributed by atoms with Crippen molar-refractivity contribution in [3.63, 3.8) is 0 Å². The van der Waals surface area contributed by atoms with Crippen molar-refractivity contribution < 1.29 is 4.79 Å². The van der Waals surface area contributed by atoms with E-state index in [2.05, 4.69) is 28.9 Å². The molecule has 0 unspecified atom stereocenters. The summed E-state index contributed by atoms with van der Waals surface area (Å²) < 4.78 is 0. The fraction of sp³-hybridized carbons (Fsp3) is 0.692. The van der Waals surface area contributed by atoms with Crippen molar-refractivity contribution in [2.75, 3.05) is 31.9 Å². The Labute approximate surface area is 113 Å². The van der Waals surface area contributed by atoms with Gasteiger partial charge in [0, 0.05) is 25.2 Å². The molecule has 0 atom stereocenters. The Morgan fingerprint density at radius 1 is 1.47 bits per heavy atom. The number of H-pyrrole nitrogens is 1. The van der Waals surface area contributed by atoms with Crippen molar-refractivity contribution in [2.24, 2.45) is 0 Å². The van der Waals surface area contributed by atoms with Gasteiger partial charge in [0.2, 0.25) is 0 Å². The Morgan fingerprint density at radius 3 is 2.58 bits per heavy atom. The van der Waals surface area contributed by atoms with Crippen LogP contribution in [0.25, 0.3) is 0 Å². The molecular formula is C13H23N5O. The maximum Gasteiger partial charge on any atom is 0.271 e. The molecule has 1 aliphatic heterocycles. The Bertz CT molecular complexity index is 418. The van der Waals surface area contributed by atoms with Gasteiger partial charge in [0.1, 0.15) is 11.5 Å². The molecule has 3 N–H and O–H groups in total. The highest BCUT2D eigenvalue weighted by Gasteiger charge is 2.26. The first-order valence-corrected chi connectivity index (χ1v) is 6.99. The van der Waals surface area contributed by atoms with Crippen LogP contribution in [0.15, 0.2) is 6.07 Å². The van der Waals surface area contributed by atoms with Gasteiger partial charge in [0.25, 0.3) is 5.91 Å². The minimum Gasteiger partial charge on any atom is -0.382 e. The molecule has 1 amide bonds. The van der Waals surface area contributed by atoms with E-state index >= 15 is 0 Å². The van der Waals surface area contributed by atoms with Crippen LogP contribution in [0, 0.1) is 0 Å². The summed E-state index contributed by atoms with van der Waals surface area (Å²) in [6, 6.07) is 2.20. The fourth-order valence-corrected chi connectivity index (χ4v) is 2.79. The second kappa shape index (κ2) is 6.06. The van der Waals surface area contributed by atoms with Crippen LogP contribution < -0.4 is 5.73 Å². The summed E-state index contributed by atoms with van der Waals surface area (Å²) in [5, 5.41) is 6.48. The summed E-state index contributed by atoms with van der Waals surface area (Å²) in [5.74, 6) is 0.364. The number of likely N-dealkylation sites (tertiary alicyclic amines) is 1. The number of piperidine rings is 1. The van der Waals surface area contributed by atoms with Gasteiger partial charge in [-0.25, -0.2) is 0 Å². The number of nitrogens with one attached hydrogen (secondary N) is 1. The number of nitrogens with two attached hydrogens (primary N) is 1. The van der Waals surface area contributed by atoms with Gasteiger partial charge in [-0.05, 0) is 25.9 Å². The Kier molecular flexibility index (Phi) is 4.42. The van der Waals surface area contributed by atoms with E-state index in [0.717, 1.165) is 39.0 Å². The fourth-order valence-electron chi connectivity index (χ4n) is 2.79. The van der Waals surface area contributed by atoms with Crippen molar-refractivity contribution >= 4 is 11.7 Å². The van der Waals surface area contributed by atoms with Crippen molar-refractivity contribution in [3.05, 3.63) is 11.8 Å². The predicted octanol–water partition coefficient (Wildman–Crippen LogP) is 0.938. The molecule has 1 saturated heterocycles. The summed E-state index contributed by atoms with van der Waals surface area (Å²) in [7, 11) is 0. The lowest BCUT2D eigenvalue weighted by Gasteiger charge is -2.37. The second-order valence-corrected chi connectivity index (χ2v) is 4.95. The first-order chi connectivity index (χ1) is 9.15. The largest absolute Gasteiger partial charge is 0.382 e. The van der Waals surface area contributed by atoms with Crippen LogP contribution >= 0.6 is 0 Å². The van der Waals surface area contributed by atoms with E-state index in [4.69, 9.17) is 5.73 Å². The third kappa shape index (κ3) is 3.07. The molecule has 1 fully saturated rings. The van der Waals surface area contributed by atoms with E-state index in [-0.39, 0.29) is 5.91 Å². The minimum absolute atomic E-state index is 0.00203. The molecule has 1 aliphatic rings. The average molecular weight is 265 g/mol. The van der Waals surface area contributed by atoms with E-state index in [1.165, 1.54) is 0 Å². The van der Waals surface area contributed by atoms with Crippen LogP contribution in [0.2, 0.25) is 0 Å². The van der Waals surface area contributed by atoms with Gasteiger partial charge < -0.3 is 15.5 Å². The molecule has 6 heteroatoms. The zero-order chi connectivity index (χ0) is 13.8. The number of nitrogen functional groups attached to an aromatic ring is 1. The number of carbonyl (C=O) groups excluding carboxylic acids is 1. The predicted molar refractivity (Wildman–Crippen MR) is 74.8 cm³/mol. The van der Waals surface area contributed by atoms with Gasteiger partial charge in [0.05, 0.1) is 0 Å². The zero-order valence-electron chi connectivity index (χ0n) is 11.7. The highest BCUT2D eigenvalue weighted by molar-refractivity contribution is 5.93. The maximum atomic E-state index is 12.2. The molecule has 2 heterocycles. The second-order valence-electron chi connectivity index (χ2n) is 4.95. The quantitative estimate of drug-likeness (QED) is 0.849. The Balaban J connectivity index is 1.91. The third-order valence-electron chi connectivity index (χ3n) is 3.91. The summed E-state index contributed by atoms with van der Waals surface area (Å²) in [6.45, 7) is 8.14. The van der Waals surface area contributed by atoms with Crippen molar-refractivity contribution in [1.29, 1.82) is 0 Å². The molecule has 0 aliphatic carbocycles. The third-order valence-corrected chi connectivity index (χ3v) is 3.91. The lowest BCUT2D eigenvalue weighted by Crippen LogP contribution is -2.46. The number of nitrogens with zero attached hydrogens (tertiary/aromatic N) is 3. The zero-order valence-corrected chi connectivity index (χ0v) is 11.7. The summed E-state index contributed by atoms with van der Waals surface area (Å²) in [6.07, 6.45) is 2.08. The number of hydrogen-bond acceptors (Lipinski definition) is 4. The van der Waals surface area contributed by atoms with Crippen molar-refractivity contribution in [3.8, 4) is 0 Å². The molecule has 1 aromatic rings. The number of carbonyl (C=O) groups is 1. The SMILES string of the molecule is CCN(CC)C1CCN(C(=O)c2cc(N)n[nH]2)CC1. The molecule has 19 heavy (non-hydrogen) atoms. The monoisotopic (exact) mass is 265 g/mol. The summed E-state index contributed by atoms with van der Waals surface area (Å²) in [5.41, 5.74) is 6.01. The van der Waals surface area contributed by atoms with Crippen LogP contribution in [0.4, 0.5) is 5.82 Å². The normalized spacial score (nSPS) is 17.1. The van der Waals surface area contributed by atoms with Gasteiger partial charge in [-0.3, -0.25) is 9.89 Å². The molecule has 0 bridgehead atoms. The van der Waals surface area contributed by atoms with Gasteiger partial charge in [0.15, 0.2) is 0 Å². The molecule has 106 valence electrons. The molecular weight excluding hydrogens is 242 g/mol. The maximum absolute atomic E-state index is 12.2. The lowest BCUT2D eigenvalue weighted by molar-refractivity contribution is 0.0626. The highest BCUT2D eigenvalue weighted by atomic mass is 16.2. The van der Waals surface area contributed by atoms with Crippen LogP contribution in [-0.2, 0) is 0 Å². The highest BCUT2D eigenvalue weighted by Crippen LogP contribution is 2.18. The number of amides is 1. The van der Waals surface area contributed by atoms with Gasteiger partial charge in [-0.1, -0.05) is 13.8 Å². The van der Waals surface area contributed by atoms with Crippen LogP contribution in [0.3, 0.4) is 0 Å². The average Bonchev–Trinajstić information content (AvgIpc) is 2.87. The Hall–Kier alpha value is -1.56. The van der Waals surface area contributed by atoms with Gasteiger partial charge in [-0.2, -0.15) is 5.10 Å². The molecule has 2 rings (SSSR count). The van der Waals surface area contributed by atoms with E-state index < -0.39 is 0 Å². The lowest BCUT2D eigenvalue weighted by atomic mass is 10.0. The summed E-state index contributed by atoms with van der Waals surface area (Å²) >= 11 is 0. The van der Waals surface area contributed by atoms with Crippen LogP contribution in [-0.4, -0.2) is 58.1 Å². The minimum atomic E-state index is 0.00203. The Morgan fingerprint density at radius 2 is 2.11 bits per heavy atom. The smallest absolute Gasteiger partial charge is 0.271 e. The molecule has 0 aromatic carbocycles. The molecule has 0 spiro atoms. The number of aromatic nitrogens is 2. The number of hydrogen-bond donors (Lipinski definition) is 2. The standard InChI is InChI=1S/C13H23N5O/c1-3-17(4-2)10-5-7-18(8-6-10)13(19)11-9-12(14)16-15-11/h9-10H,3-8H2,1-2H3,(H3,14,15,16). The van der Waals surface area contributed by atoms with E-state index in [1.54, 1.807) is 6.07 Å². The number of anilines is 1. The van der Waals surface area contributed by atoms with E-state index in [9.17, 15) is 4.79 Å². The van der Waals surface area contributed by atoms with Crippen LogP contribution in [0.1, 0.15) is 37.2 Å². The molecule has 0 saturated carbocycles.